The van der Waals surface area contributed by atoms with Crippen LogP contribution in [0, 0.1) is 12.8 Å². The smallest absolute Gasteiger partial charge is 0.254 e. The Morgan fingerprint density at radius 3 is 2.61 bits per heavy atom. The standard InChI is InChI=1S/C34H43N7O3/c1-19-9-7-5-6-8-14-39-28(15-22-10-12-26(37-32(22)39)20(2)36-33(19)42)31-21(3)40-29(38-31)16-23(17-30(40)44-4)34(43)41-24-11-13-27(41)25(35)18-24/h10,12,15-17,19-20,24-25,27H,5-9,11,13-14,18,35H2,1-4H3,(H,36,42)/t19-,20+,24-,25+,27+/m0/s1. The first-order chi connectivity index (χ1) is 21.2. The van der Waals surface area contributed by atoms with Gasteiger partial charge in [-0.3, -0.25) is 14.0 Å². The highest BCUT2D eigenvalue weighted by Crippen LogP contribution is 2.39. The number of amides is 2. The highest BCUT2D eigenvalue weighted by Gasteiger charge is 2.47. The third kappa shape index (κ3) is 4.74. The number of carbonyl (C=O) groups is 2. The zero-order valence-corrected chi connectivity index (χ0v) is 26.2. The SMILES string of the molecule is COc1cc(C(=O)N2[C@H]3CC[C@@H]2[C@H](N)C3)cc2nc(-c3cc4ccc5nc4n3CCCCCC[C@H](C)C(=O)N[C@@H]5C)c(C)n12. The van der Waals surface area contributed by atoms with Gasteiger partial charge in [0.25, 0.3) is 5.91 Å². The second-order valence-corrected chi connectivity index (χ2v) is 13.1. The van der Waals surface area contributed by atoms with Gasteiger partial charge in [-0.15, -0.1) is 0 Å². The summed E-state index contributed by atoms with van der Waals surface area (Å²) in [7, 11) is 1.63. The van der Waals surface area contributed by atoms with Gasteiger partial charge in [-0.1, -0.05) is 26.2 Å². The summed E-state index contributed by atoms with van der Waals surface area (Å²) in [5, 5.41) is 4.20. The third-order valence-corrected chi connectivity index (χ3v) is 10.2. The summed E-state index contributed by atoms with van der Waals surface area (Å²) in [6.45, 7) is 6.87. The second-order valence-electron chi connectivity index (χ2n) is 13.1. The van der Waals surface area contributed by atoms with Crippen LogP contribution in [0.2, 0.25) is 0 Å². The number of nitrogens with two attached hydrogens (primary N) is 1. The molecule has 4 aromatic rings. The maximum Gasteiger partial charge on any atom is 0.254 e. The fraction of sp³-hybridized carbons (Fsp3) is 0.529. The molecule has 2 saturated heterocycles. The predicted molar refractivity (Wildman–Crippen MR) is 170 cm³/mol. The van der Waals surface area contributed by atoms with Gasteiger partial charge in [0, 0.05) is 47.6 Å². The van der Waals surface area contributed by atoms with Gasteiger partial charge in [0.15, 0.2) is 5.88 Å². The first kappa shape index (κ1) is 28.8. The fourth-order valence-electron chi connectivity index (χ4n) is 7.73. The van der Waals surface area contributed by atoms with Crippen molar-refractivity contribution in [3.05, 3.63) is 47.3 Å². The Labute approximate surface area is 258 Å². The van der Waals surface area contributed by atoms with Crippen LogP contribution < -0.4 is 15.8 Å². The van der Waals surface area contributed by atoms with Crippen LogP contribution in [0.15, 0.2) is 30.3 Å². The number of aromatic nitrogens is 4. The van der Waals surface area contributed by atoms with E-state index in [0.717, 1.165) is 91.7 Å². The summed E-state index contributed by atoms with van der Waals surface area (Å²) in [5.74, 6) is 0.658. The number of hydrogen-bond acceptors (Lipinski definition) is 6. The van der Waals surface area contributed by atoms with Gasteiger partial charge in [-0.2, -0.15) is 0 Å². The molecule has 10 nitrogen and oxygen atoms in total. The maximum atomic E-state index is 13.8. The van der Waals surface area contributed by atoms with E-state index in [-0.39, 0.29) is 41.9 Å². The molecule has 10 heteroatoms. The molecule has 4 aromatic heterocycles. The van der Waals surface area contributed by atoms with Crippen molar-refractivity contribution in [2.45, 2.75) is 103 Å². The molecule has 2 fully saturated rings. The lowest BCUT2D eigenvalue weighted by Gasteiger charge is -2.23. The van der Waals surface area contributed by atoms with Crippen LogP contribution in [0.5, 0.6) is 5.88 Å². The summed E-state index contributed by atoms with van der Waals surface area (Å²) >= 11 is 0. The van der Waals surface area contributed by atoms with Crippen molar-refractivity contribution in [3.63, 3.8) is 0 Å². The molecule has 5 atom stereocenters. The van der Waals surface area contributed by atoms with E-state index in [1.54, 1.807) is 7.11 Å². The topological polar surface area (TPSA) is 120 Å². The number of nitrogens with one attached hydrogen (secondary N) is 1. The van der Waals surface area contributed by atoms with Crippen LogP contribution in [-0.2, 0) is 11.3 Å². The van der Waals surface area contributed by atoms with Crippen LogP contribution >= 0.6 is 0 Å². The molecule has 7 rings (SSSR count). The molecule has 3 N–H and O–H groups in total. The quantitative estimate of drug-likeness (QED) is 0.337. The summed E-state index contributed by atoms with van der Waals surface area (Å²) in [4.78, 5) is 38.8. The average Bonchev–Trinajstić information content (AvgIpc) is 3.76. The Hall–Kier alpha value is -3.92. The molecule has 0 spiro atoms. The van der Waals surface area contributed by atoms with Crippen molar-refractivity contribution in [3.8, 4) is 17.3 Å². The van der Waals surface area contributed by atoms with Crippen molar-refractivity contribution in [2.24, 2.45) is 11.7 Å². The van der Waals surface area contributed by atoms with E-state index in [1.807, 2.05) is 48.3 Å². The number of ether oxygens (including phenoxy) is 1. The predicted octanol–water partition coefficient (Wildman–Crippen LogP) is 5.15. The number of pyridine rings is 2. The third-order valence-electron chi connectivity index (χ3n) is 10.2. The summed E-state index contributed by atoms with van der Waals surface area (Å²) < 4.78 is 10.1. The Kier molecular flexibility index (Phi) is 7.35. The van der Waals surface area contributed by atoms with Crippen molar-refractivity contribution < 1.29 is 14.3 Å². The molecule has 7 heterocycles. The summed E-state index contributed by atoms with van der Waals surface area (Å²) in [6.07, 6.45) is 7.96. The lowest BCUT2D eigenvalue weighted by molar-refractivity contribution is -0.125. The van der Waals surface area contributed by atoms with E-state index < -0.39 is 0 Å². The van der Waals surface area contributed by atoms with Crippen molar-refractivity contribution in [1.29, 1.82) is 0 Å². The Morgan fingerprint density at radius 2 is 1.86 bits per heavy atom. The number of hydrogen-bond donors (Lipinski definition) is 2. The molecule has 3 aliphatic heterocycles. The average molecular weight is 598 g/mol. The minimum atomic E-state index is -0.193. The Balaban J connectivity index is 1.31. The molecule has 0 radical (unpaired) electrons. The molecule has 2 amide bonds. The molecule has 0 unspecified atom stereocenters. The number of methoxy groups -OCH3 is 1. The van der Waals surface area contributed by atoms with Gasteiger partial charge in [0.05, 0.1) is 30.2 Å². The van der Waals surface area contributed by atoms with Gasteiger partial charge in [-0.25, -0.2) is 9.97 Å². The van der Waals surface area contributed by atoms with Gasteiger partial charge in [-0.05, 0) is 70.2 Å². The van der Waals surface area contributed by atoms with Gasteiger partial charge in [0.2, 0.25) is 5.91 Å². The van der Waals surface area contributed by atoms with E-state index >= 15 is 0 Å². The van der Waals surface area contributed by atoms with Crippen LogP contribution in [0.3, 0.4) is 0 Å². The van der Waals surface area contributed by atoms with Gasteiger partial charge < -0.3 is 25.3 Å². The molecule has 0 aliphatic carbocycles. The molecule has 232 valence electrons. The number of carbonyl (C=O) groups excluding carboxylic acids is 2. The molecule has 3 aliphatic rings. The maximum absolute atomic E-state index is 13.8. The Bertz CT molecular complexity index is 1760. The zero-order chi connectivity index (χ0) is 30.7. The largest absolute Gasteiger partial charge is 0.482 e. The van der Waals surface area contributed by atoms with E-state index in [9.17, 15) is 9.59 Å². The van der Waals surface area contributed by atoms with Crippen molar-refractivity contribution in [1.82, 2.24) is 29.2 Å². The summed E-state index contributed by atoms with van der Waals surface area (Å²) in [5.41, 5.74) is 12.1. The van der Waals surface area contributed by atoms with Crippen LogP contribution in [0.1, 0.15) is 93.0 Å². The Morgan fingerprint density at radius 1 is 1.05 bits per heavy atom. The summed E-state index contributed by atoms with van der Waals surface area (Å²) in [6, 6.07) is 10.1. The lowest BCUT2D eigenvalue weighted by Crippen LogP contribution is -2.40. The molecular weight excluding hydrogens is 554 g/mol. The van der Waals surface area contributed by atoms with E-state index in [1.165, 1.54) is 0 Å². The van der Waals surface area contributed by atoms with E-state index in [0.29, 0.717) is 17.1 Å². The fourth-order valence-corrected chi connectivity index (χ4v) is 7.73. The number of aryl methyl sites for hydroxylation is 2. The molecule has 0 saturated carbocycles. The first-order valence-electron chi connectivity index (χ1n) is 16.2. The normalized spacial score (nSPS) is 26.0. The first-order valence-corrected chi connectivity index (χ1v) is 16.2. The minimum absolute atomic E-state index is 0.00283. The second kappa shape index (κ2) is 11.2. The van der Waals surface area contributed by atoms with E-state index in [2.05, 4.69) is 22.0 Å². The van der Waals surface area contributed by atoms with E-state index in [4.69, 9.17) is 20.4 Å². The van der Waals surface area contributed by atoms with Crippen molar-refractivity contribution in [2.75, 3.05) is 7.11 Å². The zero-order valence-electron chi connectivity index (χ0n) is 26.2. The van der Waals surface area contributed by atoms with Crippen LogP contribution in [-0.4, -0.2) is 60.9 Å². The molecule has 0 aromatic carbocycles. The van der Waals surface area contributed by atoms with Crippen molar-refractivity contribution >= 4 is 28.5 Å². The van der Waals surface area contributed by atoms with Crippen LogP contribution in [0.25, 0.3) is 28.1 Å². The van der Waals surface area contributed by atoms with Gasteiger partial charge >= 0.3 is 0 Å². The number of fused-ring (bicyclic) bond motifs is 4. The molecule has 44 heavy (non-hydrogen) atoms. The van der Waals surface area contributed by atoms with Gasteiger partial charge in [0.1, 0.15) is 17.0 Å². The highest BCUT2D eigenvalue weighted by molar-refractivity contribution is 5.97. The molecular formula is C34H43N7O3. The van der Waals surface area contributed by atoms with Crippen LogP contribution in [0.4, 0.5) is 0 Å². The highest BCUT2D eigenvalue weighted by atomic mass is 16.5. The monoisotopic (exact) mass is 597 g/mol. The lowest BCUT2D eigenvalue weighted by atomic mass is 9.97. The minimum Gasteiger partial charge on any atom is -0.482 e. The number of imidazole rings is 1. The number of nitrogens with zero attached hydrogens (tertiary/aromatic N) is 5. The number of rotatable bonds is 3. The molecule has 4 bridgehead atoms.